The second-order valence-electron chi connectivity index (χ2n) is 5.82. The molecule has 0 spiro atoms. The Kier molecular flexibility index (Phi) is 4.50. The van der Waals surface area contributed by atoms with Crippen LogP contribution in [-0.2, 0) is 9.59 Å². The van der Waals surface area contributed by atoms with Crippen molar-refractivity contribution >= 4 is 23.2 Å². The van der Waals surface area contributed by atoms with Gasteiger partial charge in [0.25, 0.3) is 0 Å². The maximum atomic E-state index is 12.4. The van der Waals surface area contributed by atoms with E-state index in [0.717, 1.165) is 25.7 Å². The van der Waals surface area contributed by atoms with Gasteiger partial charge in [-0.1, -0.05) is 19.8 Å². The first kappa shape index (κ1) is 15.4. The molecule has 1 aromatic carbocycles. The van der Waals surface area contributed by atoms with Gasteiger partial charge in [-0.25, -0.2) is 0 Å². The van der Waals surface area contributed by atoms with Crippen LogP contribution in [-0.4, -0.2) is 18.9 Å². The Labute approximate surface area is 125 Å². The number of methoxy groups -OCH3 is 1. The second-order valence-corrected chi connectivity index (χ2v) is 5.82. The predicted octanol–water partition coefficient (Wildman–Crippen LogP) is 3.17. The summed E-state index contributed by atoms with van der Waals surface area (Å²) in [6.07, 6.45) is 4.05. The maximum absolute atomic E-state index is 12.4. The van der Waals surface area contributed by atoms with E-state index in [0.29, 0.717) is 17.1 Å². The van der Waals surface area contributed by atoms with Crippen molar-refractivity contribution in [3.8, 4) is 5.75 Å². The lowest BCUT2D eigenvalue weighted by Crippen LogP contribution is -2.30. The van der Waals surface area contributed by atoms with Crippen LogP contribution >= 0.6 is 0 Å². The van der Waals surface area contributed by atoms with Crippen molar-refractivity contribution in [1.82, 2.24) is 0 Å². The Balaban J connectivity index is 2.16. The van der Waals surface area contributed by atoms with Crippen molar-refractivity contribution < 1.29 is 14.3 Å². The second kappa shape index (κ2) is 6.16. The van der Waals surface area contributed by atoms with Crippen molar-refractivity contribution in [3.63, 3.8) is 0 Å². The maximum Gasteiger partial charge on any atom is 0.230 e. The van der Waals surface area contributed by atoms with Gasteiger partial charge >= 0.3 is 0 Å². The number of nitrogens with one attached hydrogen (secondary N) is 2. The van der Waals surface area contributed by atoms with Gasteiger partial charge in [-0.2, -0.15) is 0 Å². The van der Waals surface area contributed by atoms with Crippen LogP contribution in [0.4, 0.5) is 11.4 Å². The third-order valence-electron chi connectivity index (χ3n) is 4.02. The number of benzene rings is 1. The molecular weight excluding hydrogens is 268 g/mol. The molecule has 0 saturated heterocycles. The summed E-state index contributed by atoms with van der Waals surface area (Å²) in [4.78, 5) is 23.6. The molecule has 114 valence electrons. The summed E-state index contributed by atoms with van der Waals surface area (Å²) >= 11 is 0. The fraction of sp³-hybridized carbons (Fsp3) is 0.500. The summed E-state index contributed by atoms with van der Waals surface area (Å²) in [6, 6.07) is 5.23. The molecule has 2 rings (SSSR count). The van der Waals surface area contributed by atoms with E-state index < -0.39 is 0 Å². The topological polar surface area (TPSA) is 67.4 Å². The van der Waals surface area contributed by atoms with Crippen LogP contribution in [0.1, 0.15) is 39.5 Å². The summed E-state index contributed by atoms with van der Waals surface area (Å²) in [7, 11) is 1.54. The van der Waals surface area contributed by atoms with Gasteiger partial charge in [-0.05, 0) is 31.0 Å². The molecule has 1 aliphatic rings. The van der Waals surface area contributed by atoms with Gasteiger partial charge in [0.05, 0.1) is 12.8 Å². The van der Waals surface area contributed by atoms with Gasteiger partial charge in [0, 0.05) is 18.0 Å². The van der Waals surface area contributed by atoms with E-state index in [1.54, 1.807) is 25.3 Å². The number of amides is 2. The van der Waals surface area contributed by atoms with Crippen LogP contribution in [0.15, 0.2) is 18.2 Å². The zero-order valence-electron chi connectivity index (χ0n) is 12.8. The Hall–Kier alpha value is -2.04. The van der Waals surface area contributed by atoms with Crippen molar-refractivity contribution in [2.75, 3.05) is 17.7 Å². The average molecular weight is 290 g/mol. The molecule has 5 nitrogen and oxygen atoms in total. The summed E-state index contributed by atoms with van der Waals surface area (Å²) in [6.45, 7) is 3.44. The third-order valence-corrected chi connectivity index (χ3v) is 4.02. The Bertz CT molecular complexity index is 548. The first-order chi connectivity index (χ1) is 9.94. The lowest BCUT2D eigenvalue weighted by atomic mass is 9.88. The van der Waals surface area contributed by atoms with E-state index in [9.17, 15) is 9.59 Å². The molecule has 1 saturated carbocycles. The summed E-state index contributed by atoms with van der Waals surface area (Å²) in [5.74, 6) is 0.425. The monoisotopic (exact) mass is 290 g/mol. The molecule has 1 aliphatic carbocycles. The van der Waals surface area contributed by atoms with E-state index in [-0.39, 0.29) is 17.2 Å². The average Bonchev–Trinajstić information content (AvgIpc) is 2.87. The van der Waals surface area contributed by atoms with Gasteiger partial charge in [0.15, 0.2) is 0 Å². The van der Waals surface area contributed by atoms with E-state index in [1.807, 2.05) is 6.92 Å². The van der Waals surface area contributed by atoms with Gasteiger partial charge < -0.3 is 15.4 Å². The number of carbonyl (C=O) groups is 2. The van der Waals surface area contributed by atoms with Crippen LogP contribution in [0.2, 0.25) is 0 Å². The third kappa shape index (κ3) is 3.54. The Morgan fingerprint density at radius 3 is 2.43 bits per heavy atom. The highest BCUT2D eigenvalue weighted by atomic mass is 16.5. The van der Waals surface area contributed by atoms with Crippen LogP contribution in [0, 0.1) is 5.41 Å². The number of ether oxygens (including phenoxy) is 1. The Morgan fingerprint density at radius 1 is 1.19 bits per heavy atom. The zero-order chi connectivity index (χ0) is 15.5. The van der Waals surface area contributed by atoms with Crippen LogP contribution in [0.3, 0.4) is 0 Å². The fourth-order valence-electron chi connectivity index (χ4n) is 2.74. The molecule has 2 N–H and O–H groups in total. The number of rotatable bonds is 4. The van der Waals surface area contributed by atoms with Crippen molar-refractivity contribution in [2.24, 2.45) is 5.41 Å². The minimum atomic E-state index is -0.284. The number of carbonyl (C=O) groups excluding carboxylic acids is 2. The van der Waals surface area contributed by atoms with Gasteiger partial charge in [0.2, 0.25) is 11.8 Å². The molecule has 5 heteroatoms. The van der Waals surface area contributed by atoms with E-state index in [4.69, 9.17) is 4.74 Å². The zero-order valence-corrected chi connectivity index (χ0v) is 12.8. The van der Waals surface area contributed by atoms with Crippen molar-refractivity contribution in [2.45, 2.75) is 39.5 Å². The van der Waals surface area contributed by atoms with Gasteiger partial charge in [-0.15, -0.1) is 0 Å². The number of hydrogen-bond donors (Lipinski definition) is 2. The summed E-state index contributed by atoms with van der Waals surface area (Å²) < 4.78 is 5.20. The van der Waals surface area contributed by atoms with E-state index in [2.05, 4.69) is 10.6 Å². The first-order valence-corrected chi connectivity index (χ1v) is 7.22. The van der Waals surface area contributed by atoms with E-state index in [1.165, 1.54) is 6.92 Å². The quantitative estimate of drug-likeness (QED) is 0.895. The molecule has 0 heterocycles. The molecule has 0 aromatic heterocycles. The van der Waals surface area contributed by atoms with Crippen molar-refractivity contribution in [1.29, 1.82) is 0 Å². The molecule has 0 bridgehead atoms. The normalized spacial score (nSPS) is 16.3. The molecule has 0 radical (unpaired) electrons. The van der Waals surface area contributed by atoms with Gasteiger partial charge in [0.1, 0.15) is 5.75 Å². The SMILES string of the molecule is COc1ccc(NC(=O)C2(C)CCCC2)cc1NC(C)=O. The van der Waals surface area contributed by atoms with Crippen LogP contribution in [0.25, 0.3) is 0 Å². The molecule has 2 amide bonds. The van der Waals surface area contributed by atoms with Crippen LogP contribution in [0.5, 0.6) is 5.75 Å². The molecule has 1 aromatic rings. The minimum Gasteiger partial charge on any atom is -0.495 e. The molecule has 0 unspecified atom stereocenters. The summed E-state index contributed by atoms with van der Waals surface area (Å²) in [5.41, 5.74) is 0.936. The fourth-order valence-corrected chi connectivity index (χ4v) is 2.74. The molecular formula is C16H22N2O3. The Morgan fingerprint density at radius 2 is 1.86 bits per heavy atom. The highest BCUT2D eigenvalue weighted by Crippen LogP contribution is 2.38. The lowest BCUT2D eigenvalue weighted by Gasteiger charge is -2.22. The molecule has 0 aliphatic heterocycles. The van der Waals surface area contributed by atoms with Gasteiger partial charge in [-0.3, -0.25) is 9.59 Å². The highest BCUT2D eigenvalue weighted by molar-refractivity contribution is 5.97. The van der Waals surface area contributed by atoms with E-state index >= 15 is 0 Å². The van der Waals surface area contributed by atoms with Crippen molar-refractivity contribution in [3.05, 3.63) is 18.2 Å². The largest absolute Gasteiger partial charge is 0.495 e. The smallest absolute Gasteiger partial charge is 0.230 e. The highest BCUT2D eigenvalue weighted by Gasteiger charge is 2.36. The lowest BCUT2D eigenvalue weighted by molar-refractivity contribution is -0.124. The molecule has 1 fully saturated rings. The number of hydrogen-bond acceptors (Lipinski definition) is 3. The minimum absolute atomic E-state index is 0.0407. The summed E-state index contributed by atoms with van der Waals surface area (Å²) in [5, 5.41) is 5.65. The molecule has 21 heavy (non-hydrogen) atoms. The standard InChI is InChI=1S/C16H22N2O3/c1-11(19)17-13-10-12(6-7-14(13)21-3)18-15(20)16(2)8-4-5-9-16/h6-7,10H,4-5,8-9H2,1-3H3,(H,17,19)(H,18,20). The molecule has 0 atom stereocenters. The first-order valence-electron chi connectivity index (χ1n) is 7.22. The predicted molar refractivity (Wildman–Crippen MR) is 82.5 cm³/mol. The number of anilines is 2. The van der Waals surface area contributed by atoms with Crippen LogP contribution < -0.4 is 15.4 Å².